The molecule has 286 valence electrons. The molecule has 0 amide bonds. The van der Waals surface area contributed by atoms with Crippen LogP contribution in [0.1, 0.15) is 265 Å². The highest BCUT2D eigenvalue weighted by Gasteiger charge is 2.24. The van der Waals surface area contributed by atoms with Crippen LogP contribution in [0.2, 0.25) is 0 Å². The van der Waals surface area contributed by atoms with Gasteiger partial charge in [-0.15, -0.1) is 0 Å². The first-order valence-corrected chi connectivity index (χ1v) is 23.0. The summed E-state index contributed by atoms with van der Waals surface area (Å²) in [5.41, 5.74) is 0. The average molecular weight is 673 g/mol. The molecule has 0 bridgehead atoms. The van der Waals surface area contributed by atoms with E-state index in [1.807, 2.05) is 0 Å². The number of unbranched alkanes of at least 4 members (excludes halogenated alkanes) is 34. The van der Waals surface area contributed by atoms with Crippen LogP contribution in [0.4, 0.5) is 0 Å². The zero-order chi connectivity index (χ0) is 34.4. The molecule has 0 aromatic carbocycles. The van der Waals surface area contributed by atoms with E-state index >= 15 is 0 Å². The van der Waals surface area contributed by atoms with Gasteiger partial charge in [0.05, 0.1) is 0 Å². The fourth-order valence-electron chi connectivity index (χ4n) is 7.95. The van der Waals surface area contributed by atoms with Crippen LogP contribution < -0.4 is 0 Å². The molecule has 1 aliphatic heterocycles. The van der Waals surface area contributed by atoms with Crippen molar-refractivity contribution in [1.29, 1.82) is 0 Å². The Morgan fingerprint density at radius 2 is 0.479 bits per heavy atom. The lowest BCUT2D eigenvalue weighted by Gasteiger charge is -2.33. The van der Waals surface area contributed by atoms with Crippen LogP contribution in [0.5, 0.6) is 0 Å². The lowest BCUT2D eigenvalue weighted by molar-refractivity contribution is 0.135. The first kappa shape index (κ1) is 45.4. The third-order valence-electron chi connectivity index (χ3n) is 11.3. The van der Waals surface area contributed by atoms with Crippen LogP contribution >= 0.6 is 0 Å². The van der Waals surface area contributed by atoms with Gasteiger partial charge < -0.3 is 9.80 Å². The van der Waals surface area contributed by atoms with Crippen LogP contribution in [-0.4, -0.2) is 29.1 Å². The zero-order valence-electron chi connectivity index (χ0n) is 33.9. The van der Waals surface area contributed by atoms with Crippen molar-refractivity contribution in [2.75, 3.05) is 13.1 Å². The summed E-state index contributed by atoms with van der Waals surface area (Å²) in [5, 5.41) is 0. The molecule has 0 aromatic rings. The molecule has 1 unspecified atom stereocenters. The first-order chi connectivity index (χ1) is 23.8. The van der Waals surface area contributed by atoms with E-state index in [-0.39, 0.29) is 0 Å². The number of hydrogen-bond acceptors (Lipinski definition) is 2. The molecule has 48 heavy (non-hydrogen) atoms. The van der Waals surface area contributed by atoms with Gasteiger partial charge in [-0.3, -0.25) is 0 Å². The van der Waals surface area contributed by atoms with Gasteiger partial charge >= 0.3 is 0 Å². The van der Waals surface area contributed by atoms with E-state index in [9.17, 15) is 0 Å². The molecule has 0 saturated heterocycles. The minimum Gasteiger partial charge on any atom is -0.356 e. The van der Waals surface area contributed by atoms with E-state index in [1.54, 1.807) is 0 Å². The molecule has 0 N–H and O–H groups in total. The summed E-state index contributed by atoms with van der Waals surface area (Å²) in [6.45, 7) is 9.49. The highest BCUT2D eigenvalue weighted by molar-refractivity contribution is 4.97. The van der Waals surface area contributed by atoms with E-state index in [0.29, 0.717) is 6.17 Å². The molecule has 2 nitrogen and oxygen atoms in total. The van der Waals surface area contributed by atoms with Crippen molar-refractivity contribution in [2.24, 2.45) is 0 Å². The monoisotopic (exact) mass is 673 g/mol. The van der Waals surface area contributed by atoms with Crippen molar-refractivity contribution in [3.63, 3.8) is 0 Å². The minimum atomic E-state index is 0.637. The second-order valence-electron chi connectivity index (χ2n) is 16.1. The van der Waals surface area contributed by atoms with E-state index in [0.717, 1.165) is 0 Å². The Bertz CT molecular complexity index is 630. The fraction of sp³-hybridized carbons (Fsp3) is 0.957. The van der Waals surface area contributed by atoms with Gasteiger partial charge in [-0.2, -0.15) is 0 Å². The highest BCUT2D eigenvalue weighted by Crippen LogP contribution is 2.24. The Labute approximate surface area is 305 Å². The zero-order valence-corrected chi connectivity index (χ0v) is 33.9. The van der Waals surface area contributed by atoms with Gasteiger partial charge in [0.25, 0.3) is 0 Å². The lowest BCUT2D eigenvalue weighted by Crippen LogP contribution is -2.39. The molecular weight excluding hydrogens is 581 g/mol. The summed E-state index contributed by atoms with van der Waals surface area (Å²) < 4.78 is 0. The van der Waals surface area contributed by atoms with Crippen molar-refractivity contribution in [3.05, 3.63) is 12.4 Å². The Balaban J connectivity index is 2.21. The molecule has 0 aliphatic carbocycles. The summed E-state index contributed by atoms with van der Waals surface area (Å²) in [5.74, 6) is 0. The lowest BCUT2D eigenvalue weighted by atomic mass is 10.0. The molecule has 1 rings (SSSR count). The van der Waals surface area contributed by atoms with Crippen molar-refractivity contribution in [2.45, 2.75) is 271 Å². The predicted octanol–water partition coefficient (Wildman–Crippen LogP) is 16.3. The van der Waals surface area contributed by atoms with Gasteiger partial charge in [0, 0.05) is 25.5 Å². The Hall–Kier alpha value is -0.660. The van der Waals surface area contributed by atoms with Crippen molar-refractivity contribution >= 4 is 0 Å². The maximum atomic E-state index is 2.73. The largest absolute Gasteiger partial charge is 0.356 e. The third-order valence-corrected chi connectivity index (χ3v) is 11.3. The third kappa shape index (κ3) is 29.1. The van der Waals surface area contributed by atoms with Gasteiger partial charge in [-0.1, -0.05) is 239 Å². The second kappa shape index (κ2) is 37.6. The summed E-state index contributed by atoms with van der Waals surface area (Å²) in [4.78, 5) is 5.47. The Morgan fingerprint density at radius 1 is 0.271 bits per heavy atom. The van der Waals surface area contributed by atoms with Gasteiger partial charge in [-0.25, -0.2) is 0 Å². The van der Waals surface area contributed by atoms with Gasteiger partial charge in [0.2, 0.25) is 0 Å². The average Bonchev–Trinajstić information content (AvgIpc) is 3.48. The van der Waals surface area contributed by atoms with Gasteiger partial charge in [0.1, 0.15) is 6.17 Å². The topological polar surface area (TPSA) is 6.48 Å². The van der Waals surface area contributed by atoms with Crippen LogP contribution in [0.25, 0.3) is 0 Å². The maximum absolute atomic E-state index is 2.73. The Kier molecular flexibility index (Phi) is 35.5. The van der Waals surface area contributed by atoms with Gasteiger partial charge in [-0.05, 0) is 25.7 Å². The summed E-state index contributed by atoms with van der Waals surface area (Å²) in [6.07, 6.45) is 60.4. The quantitative estimate of drug-likeness (QED) is 0.0598. The summed E-state index contributed by atoms with van der Waals surface area (Å²) >= 11 is 0. The van der Waals surface area contributed by atoms with Crippen LogP contribution in [0, 0.1) is 0 Å². The van der Waals surface area contributed by atoms with Crippen molar-refractivity contribution in [3.8, 4) is 0 Å². The van der Waals surface area contributed by atoms with E-state index in [2.05, 4.69) is 43.0 Å². The molecule has 0 radical (unpaired) electrons. The van der Waals surface area contributed by atoms with Gasteiger partial charge in [0.15, 0.2) is 0 Å². The molecule has 1 aliphatic rings. The predicted molar refractivity (Wildman–Crippen MR) is 219 cm³/mol. The van der Waals surface area contributed by atoms with Crippen LogP contribution in [-0.2, 0) is 0 Å². The highest BCUT2D eigenvalue weighted by atomic mass is 15.4. The second-order valence-corrected chi connectivity index (χ2v) is 16.1. The summed E-state index contributed by atoms with van der Waals surface area (Å²) in [7, 11) is 0. The molecule has 2 heteroatoms. The smallest absolute Gasteiger partial charge is 0.101 e. The minimum absolute atomic E-state index is 0.637. The molecule has 0 saturated carbocycles. The standard InChI is InChI=1S/C46H92N2/c1-4-7-10-13-16-19-22-24-25-28-31-34-37-40-43-48-45-44-47(42-39-36-33-30-27-21-18-15-12-9-6-3)46(48)41-38-35-32-29-26-23-20-17-14-11-8-5-2/h44-46H,4-43H2,1-3H3. The molecular formula is C46H92N2. The molecule has 0 spiro atoms. The molecule has 1 atom stereocenters. The van der Waals surface area contributed by atoms with Crippen LogP contribution in [0.3, 0.4) is 0 Å². The van der Waals surface area contributed by atoms with E-state index in [1.165, 1.54) is 257 Å². The number of rotatable bonds is 40. The van der Waals surface area contributed by atoms with E-state index in [4.69, 9.17) is 0 Å². The molecule has 1 heterocycles. The van der Waals surface area contributed by atoms with E-state index < -0.39 is 0 Å². The fourth-order valence-corrected chi connectivity index (χ4v) is 7.95. The number of nitrogens with zero attached hydrogens (tertiary/aromatic N) is 2. The summed E-state index contributed by atoms with van der Waals surface area (Å²) in [6, 6.07) is 0. The maximum Gasteiger partial charge on any atom is 0.101 e. The Morgan fingerprint density at radius 3 is 0.729 bits per heavy atom. The molecule has 0 aromatic heterocycles. The van der Waals surface area contributed by atoms with Crippen LogP contribution in [0.15, 0.2) is 12.4 Å². The van der Waals surface area contributed by atoms with Crippen molar-refractivity contribution in [1.82, 2.24) is 9.80 Å². The van der Waals surface area contributed by atoms with Crippen molar-refractivity contribution < 1.29 is 0 Å². The first-order valence-electron chi connectivity index (χ1n) is 23.0. The number of hydrogen-bond donors (Lipinski definition) is 0. The SMILES string of the molecule is CCCCCCCCCCCCCCCCN1C=CN(CCCCCCCCCCCCC)C1CCCCCCCCCCCCCC. The molecule has 0 fully saturated rings. The normalized spacial score (nSPS) is 14.6.